The number of nitrogen functional groups attached to an aromatic ring is 1. The van der Waals surface area contributed by atoms with Gasteiger partial charge in [0.25, 0.3) is 5.91 Å². The number of benzene rings is 1. The summed E-state index contributed by atoms with van der Waals surface area (Å²) in [6.45, 7) is 2.76. The van der Waals surface area contributed by atoms with E-state index in [-0.39, 0.29) is 24.2 Å². The Morgan fingerprint density at radius 2 is 1.92 bits per heavy atom. The van der Waals surface area contributed by atoms with Crippen molar-refractivity contribution in [3.8, 4) is 22.3 Å². The largest absolute Gasteiger partial charge is 0.366 e. The first kappa shape index (κ1) is 21.9. The number of hydrogen-bond acceptors (Lipinski definition) is 6. The predicted molar refractivity (Wildman–Crippen MR) is 132 cm³/mol. The maximum atomic E-state index is 14.3. The molecule has 0 saturated carbocycles. The van der Waals surface area contributed by atoms with E-state index < -0.39 is 0 Å². The van der Waals surface area contributed by atoms with Crippen LogP contribution in [-0.2, 0) is 20.0 Å². The number of fused-ring (bicyclic) bond motifs is 2. The summed E-state index contributed by atoms with van der Waals surface area (Å²) in [5.74, 6) is -0.273. The molecule has 0 aliphatic carbocycles. The first-order valence-electron chi connectivity index (χ1n) is 11.6. The van der Waals surface area contributed by atoms with Gasteiger partial charge in [-0.25, -0.2) is 8.91 Å². The molecule has 6 rings (SSSR count). The van der Waals surface area contributed by atoms with Crippen LogP contribution in [0.25, 0.3) is 27.9 Å². The van der Waals surface area contributed by atoms with E-state index in [1.807, 2.05) is 32.2 Å². The molecule has 0 spiro atoms. The van der Waals surface area contributed by atoms with Crippen molar-refractivity contribution in [3.05, 3.63) is 83.3 Å². The van der Waals surface area contributed by atoms with Gasteiger partial charge in [-0.05, 0) is 53.9 Å². The van der Waals surface area contributed by atoms with Crippen LogP contribution < -0.4 is 5.73 Å². The van der Waals surface area contributed by atoms with Gasteiger partial charge in [0.15, 0.2) is 5.65 Å². The molecule has 0 unspecified atom stereocenters. The molecular formula is C26H23FN8O. The Labute approximate surface area is 206 Å². The Hall–Kier alpha value is -4.60. The van der Waals surface area contributed by atoms with Crippen molar-refractivity contribution < 1.29 is 9.18 Å². The van der Waals surface area contributed by atoms with Gasteiger partial charge in [0.05, 0.1) is 17.5 Å². The fourth-order valence-corrected chi connectivity index (χ4v) is 4.70. The lowest BCUT2D eigenvalue weighted by Crippen LogP contribution is -2.37. The molecule has 0 saturated heterocycles. The molecule has 5 aromatic rings. The van der Waals surface area contributed by atoms with E-state index in [4.69, 9.17) is 5.73 Å². The third kappa shape index (κ3) is 3.67. The van der Waals surface area contributed by atoms with Crippen LogP contribution in [0.3, 0.4) is 0 Å². The van der Waals surface area contributed by atoms with Crippen LogP contribution in [0.1, 0.15) is 27.3 Å². The number of rotatable bonds is 4. The van der Waals surface area contributed by atoms with Crippen molar-refractivity contribution in [2.75, 3.05) is 12.3 Å². The lowest BCUT2D eigenvalue weighted by molar-refractivity contribution is 0.0725. The quantitative estimate of drug-likeness (QED) is 0.421. The molecule has 4 aromatic heterocycles. The number of carbonyl (C=O) groups excluding carboxylic acids is 1. The van der Waals surface area contributed by atoms with Gasteiger partial charge in [0.2, 0.25) is 5.95 Å². The summed E-state index contributed by atoms with van der Waals surface area (Å²) in [7, 11) is 1.87. The van der Waals surface area contributed by atoms with Gasteiger partial charge in [0, 0.05) is 55.8 Å². The molecule has 2 N–H and O–H groups in total. The minimum Gasteiger partial charge on any atom is -0.366 e. The number of pyridine rings is 2. The number of carbonyl (C=O) groups is 1. The van der Waals surface area contributed by atoms with Gasteiger partial charge < -0.3 is 10.6 Å². The third-order valence-electron chi connectivity index (χ3n) is 6.75. The second kappa shape index (κ2) is 8.26. The first-order valence-corrected chi connectivity index (χ1v) is 11.6. The zero-order chi connectivity index (χ0) is 25.0. The van der Waals surface area contributed by atoms with E-state index in [1.165, 1.54) is 12.1 Å². The summed E-state index contributed by atoms with van der Waals surface area (Å²) in [4.78, 5) is 24.1. The molecule has 9 nitrogen and oxygen atoms in total. The number of amides is 1. The van der Waals surface area contributed by atoms with Crippen LogP contribution in [0.2, 0.25) is 0 Å². The van der Waals surface area contributed by atoms with Gasteiger partial charge >= 0.3 is 0 Å². The molecule has 0 fully saturated rings. The molecule has 0 atom stereocenters. The fourth-order valence-electron chi connectivity index (χ4n) is 4.70. The minimum atomic E-state index is -0.339. The summed E-state index contributed by atoms with van der Waals surface area (Å²) >= 11 is 0. The lowest BCUT2D eigenvalue weighted by Gasteiger charge is -2.29. The van der Waals surface area contributed by atoms with Crippen LogP contribution in [0.4, 0.5) is 10.3 Å². The highest BCUT2D eigenvalue weighted by Gasteiger charge is 2.27. The minimum absolute atomic E-state index is 0.128. The van der Waals surface area contributed by atoms with Crippen LogP contribution in [0.15, 0.2) is 55.0 Å². The Bertz CT molecular complexity index is 1650. The highest BCUT2D eigenvalue weighted by Crippen LogP contribution is 2.30. The number of anilines is 1. The SMILES string of the molecule is Cc1c(-c2ccc(F)cc2CN2CCc3ncc(-c4ccn5nc(N)nc5c4)cc3C2=O)cnn1C. The maximum absolute atomic E-state index is 14.3. The van der Waals surface area contributed by atoms with E-state index in [0.29, 0.717) is 24.2 Å². The van der Waals surface area contributed by atoms with Crippen molar-refractivity contribution in [1.82, 2.24) is 34.3 Å². The number of hydrogen-bond donors (Lipinski definition) is 1. The maximum Gasteiger partial charge on any atom is 0.256 e. The van der Waals surface area contributed by atoms with E-state index in [2.05, 4.69) is 20.2 Å². The summed E-state index contributed by atoms with van der Waals surface area (Å²) in [5, 5.41) is 8.42. The molecular weight excluding hydrogens is 459 g/mol. The number of nitrogens with zero attached hydrogens (tertiary/aromatic N) is 7. The van der Waals surface area contributed by atoms with Gasteiger partial charge in [-0.1, -0.05) is 6.07 Å². The molecule has 1 amide bonds. The standard InChI is InChI=1S/C26H23FN8O/c1-15-22(13-30-33(15)2)20-4-3-19(27)9-18(20)14-34-7-6-23-21(25(34)36)10-17(12-29-23)16-5-8-35-24(11-16)31-26(28)32-35/h3-5,8-13H,6-7,14H2,1-2H3,(H2,28,32). The number of aryl methyl sites for hydroxylation is 1. The van der Waals surface area contributed by atoms with Crippen molar-refractivity contribution in [2.45, 2.75) is 19.9 Å². The number of halogens is 1. The van der Waals surface area contributed by atoms with Gasteiger partial charge in [0.1, 0.15) is 5.82 Å². The predicted octanol–water partition coefficient (Wildman–Crippen LogP) is 3.42. The van der Waals surface area contributed by atoms with Gasteiger partial charge in [-0.15, -0.1) is 5.10 Å². The molecule has 5 heterocycles. The summed E-state index contributed by atoms with van der Waals surface area (Å²) in [5.41, 5.74) is 12.8. The Morgan fingerprint density at radius 3 is 2.72 bits per heavy atom. The van der Waals surface area contributed by atoms with Crippen molar-refractivity contribution in [3.63, 3.8) is 0 Å². The Kier molecular flexibility index (Phi) is 5.03. The first-order chi connectivity index (χ1) is 17.4. The number of aromatic nitrogens is 6. The highest BCUT2D eigenvalue weighted by atomic mass is 19.1. The van der Waals surface area contributed by atoms with Crippen molar-refractivity contribution in [2.24, 2.45) is 7.05 Å². The molecule has 10 heteroatoms. The number of nitrogens with two attached hydrogens (primary N) is 1. The monoisotopic (exact) mass is 482 g/mol. The molecule has 1 aliphatic rings. The average Bonchev–Trinajstić information content (AvgIpc) is 3.41. The van der Waals surface area contributed by atoms with Crippen LogP contribution in [0.5, 0.6) is 0 Å². The lowest BCUT2D eigenvalue weighted by atomic mass is 9.97. The van der Waals surface area contributed by atoms with Gasteiger partial charge in [-0.2, -0.15) is 10.1 Å². The van der Waals surface area contributed by atoms with Crippen LogP contribution in [0, 0.1) is 12.7 Å². The molecule has 180 valence electrons. The fraction of sp³-hybridized carbons (Fsp3) is 0.192. The molecule has 1 aliphatic heterocycles. The molecule has 0 radical (unpaired) electrons. The summed E-state index contributed by atoms with van der Waals surface area (Å²) in [6, 6.07) is 10.3. The van der Waals surface area contributed by atoms with Crippen molar-refractivity contribution >= 4 is 17.5 Å². The summed E-state index contributed by atoms with van der Waals surface area (Å²) in [6.07, 6.45) is 5.93. The normalized spacial score (nSPS) is 13.4. The second-order valence-corrected chi connectivity index (χ2v) is 8.95. The van der Waals surface area contributed by atoms with E-state index in [0.717, 1.165) is 39.2 Å². The van der Waals surface area contributed by atoms with Gasteiger partial charge in [-0.3, -0.25) is 14.5 Å². The molecule has 1 aromatic carbocycles. The molecule has 0 bridgehead atoms. The van der Waals surface area contributed by atoms with E-state index in [9.17, 15) is 9.18 Å². The van der Waals surface area contributed by atoms with Crippen LogP contribution >= 0.6 is 0 Å². The Balaban J connectivity index is 1.33. The third-order valence-corrected chi connectivity index (χ3v) is 6.75. The smallest absolute Gasteiger partial charge is 0.256 e. The highest BCUT2D eigenvalue weighted by molar-refractivity contribution is 5.97. The Morgan fingerprint density at radius 1 is 1.06 bits per heavy atom. The second-order valence-electron chi connectivity index (χ2n) is 8.95. The zero-order valence-electron chi connectivity index (χ0n) is 19.8. The summed E-state index contributed by atoms with van der Waals surface area (Å²) < 4.78 is 17.6. The van der Waals surface area contributed by atoms with Crippen LogP contribution in [-0.4, -0.2) is 46.7 Å². The topological polar surface area (TPSA) is 107 Å². The van der Waals surface area contributed by atoms with E-state index >= 15 is 0 Å². The molecule has 36 heavy (non-hydrogen) atoms. The average molecular weight is 483 g/mol. The zero-order valence-corrected chi connectivity index (χ0v) is 19.8. The van der Waals surface area contributed by atoms with Crippen molar-refractivity contribution in [1.29, 1.82) is 0 Å². The van der Waals surface area contributed by atoms with E-state index in [1.54, 1.807) is 38.8 Å².